The number of nitriles is 1. The summed E-state index contributed by atoms with van der Waals surface area (Å²) in [6, 6.07) is 18.5. The smallest absolute Gasteiger partial charge is 0.270 e. The van der Waals surface area contributed by atoms with Crippen molar-refractivity contribution < 1.29 is 0 Å². The summed E-state index contributed by atoms with van der Waals surface area (Å²) in [6.07, 6.45) is 1.60. The lowest BCUT2D eigenvalue weighted by Gasteiger charge is -2.05. The van der Waals surface area contributed by atoms with Crippen molar-refractivity contribution in [2.24, 2.45) is 5.10 Å². The molecule has 0 saturated carbocycles. The molecule has 3 rings (SSSR count). The molecule has 0 atom stereocenters. The van der Waals surface area contributed by atoms with Crippen LogP contribution in [0.1, 0.15) is 11.1 Å². The number of nitrogens with zero attached hydrogens (tertiary/aromatic N) is 3. The van der Waals surface area contributed by atoms with Gasteiger partial charge in [-0.3, -0.25) is 9.78 Å². The minimum Gasteiger partial charge on any atom is -0.290 e. The maximum Gasteiger partial charge on any atom is 0.270 e. The van der Waals surface area contributed by atoms with Crippen LogP contribution in [0.4, 0.5) is 5.95 Å². The highest BCUT2D eigenvalue weighted by atomic mass is 79.9. The molecule has 0 aliphatic rings. The van der Waals surface area contributed by atoms with Gasteiger partial charge < -0.3 is 0 Å². The van der Waals surface area contributed by atoms with Crippen LogP contribution in [0.2, 0.25) is 0 Å². The van der Waals surface area contributed by atoms with Gasteiger partial charge in [0.05, 0.1) is 11.9 Å². The zero-order chi connectivity index (χ0) is 17.6. The summed E-state index contributed by atoms with van der Waals surface area (Å²) in [5.74, 6) is 0.163. The molecular formula is C18H12BrN5O. The molecule has 2 aromatic carbocycles. The largest absolute Gasteiger partial charge is 0.290 e. The zero-order valence-electron chi connectivity index (χ0n) is 12.9. The van der Waals surface area contributed by atoms with E-state index in [1.165, 1.54) is 0 Å². The number of nitrogens with one attached hydrogen (secondary N) is 2. The van der Waals surface area contributed by atoms with Crippen molar-refractivity contribution in [1.29, 1.82) is 5.26 Å². The number of anilines is 1. The molecule has 1 aromatic heterocycles. The third kappa shape index (κ3) is 4.00. The average molecular weight is 394 g/mol. The van der Waals surface area contributed by atoms with Gasteiger partial charge in [0, 0.05) is 10.0 Å². The van der Waals surface area contributed by atoms with E-state index < -0.39 is 5.56 Å². The van der Waals surface area contributed by atoms with E-state index in [1.807, 2.05) is 48.5 Å². The number of hydrazone groups is 1. The van der Waals surface area contributed by atoms with Gasteiger partial charge >= 0.3 is 0 Å². The highest BCUT2D eigenvalue weighted by Crippen LogP contribution is 2.19. The van der Waals surface area contributed by atoms with Crippen molar-refractivity contribution in [2.45, 2.75) is 0 Å². The van der Waals surface area contributed by atoms with Crippen molar-refractivity contribution in [3.8, 4) is 17.3 Å². The Balaban J connectivity index is 1.90. The fraction of sp³-hybridized carbons (Fsp3) is 0. The predicted octanol–water partition coefficient (Wildman–Crippen LogP) is 3.52. The summed E-state index contributed by atoms with van der Waals surface area (Å²) in [5.41, 5.74) is 4.02. The van der Waals surface area contributed by atoms with Crippen LogP contribution < -0.4 is 11.0 Å². The second kappa shape index (κ2) is 7.55. The average Bonchev–Trinajstić information content (AvgIpc) is 2.64. The van der Waals surface area contributed by atoms with Gasteiger partial charge in [-0.15, -0.1) is 0 Å². The molecule has 7 heteroatoms. The quantitative estimate of drug-likeness (QED) is 0.523. The lowest BCUT2D eigenvalue weighted by molar-refractivity contribution is 1.08. The SMILES string of the molecule is N#Cc1c(-c2ccccc2)nc(NN=Cc2ccc(Br)cc2)[nH]c1=O. The number of H-pyrrole nitrogens is 1. The highest BCUT2D eigenvalue weighted by molar-refractivity contribution is 9.10. The van der Waals surface area contributed by atoms with Crippen LogP contribution in [-0.4, -0.2) is 16.2 Å². The molecule has 0 fully saturated rings. The molecule has 0 amide bonds. The molecule has 25 heavy (non-hydrogen) atoms. The standard InChI is InChI=1S/C18H12BrN5O/c19-14-8-6-12(7-9-14)11-21-24-18-22-16(13-4-2-1-3-5-13)15(10-20)17(25)23-18/h1-9,11H,(H2,22,23,24,25). The molecule has 0 unspecified atom stereocenters. The fourth-order valence-corrected chi connectivity index (χ4v) is 2.42. The Morgan fingerprint density at radius 3 is 2.56 bits per heavy atom. The van der Waals surface area contributed by atoms with Crippen molar-refractivity contribution in [2.75, 3.05) is 5.43 Å². The van der Waals surface area contributed by atoms with E-state index in [0.717, 1.165) is 10.0 Å². The van der Waals surface area contributed by atoms with E-state index in [1.54, 1.807) is 18.3 Å². The van der Waals surface area contributed by atoms with Crippen LogP contribution in [0.25, 0.3) is 11.3 Å². The fourth-order valence-electron chi connectivity index (χ4n) is 2.15. The van der Waals surface area contributed by atoms with E-state index >= 15 is 0 Å². The van der Waals surface area contributed by atoms with Gasteiger partial charge in [-0.1, -0.05) is 58.4 Å². The Labute approximate surface area is 152 Å². The number of aromatic amines is 1. The van der Waals surface area contributed by atoms with Crippen LogP contribution in [-0.2, 0) is 0 Å². The molecule has 0 spiro atoms. The van der Waals surface area contributed by atoms with E-state index in [9.17, 15) is 10.1 Å². The van der Waals surface area contributed by atoms with E-state index in [0.29, 0.717) is 11.3 Å². The van der Waals surface area contributed by atoms with Crippen LogP contribution in [0.5, 0.6) is 0 Å². The highest BCUT2D eigenvalue weighted by Gasteiger charge is 2.12. The van der Waals surface area contributed by atoms with Crippen molar-refractivity contribution >= 4 is 28.1 Å². The number of benzene rings is 2. The molecule has 0 aliphatic carbocycles. The summed E-state index contributed by atoms with van der Waals surface area (Å²) in [4.78, 5) is 18.9. The second-order valence-corrected chi connectivity index (χ2v) is 5.95. The van der Waals surface area contributed by atoms with E-state index in [4.69, 9.17) is 0 Å². The third-order valence-corrected chi connectivity index (χ3v) is 3.86. The molecule has 122 valence electrons. The van der Waals surface area contributed by atoms with Crippen LogP contribution in [0.3, 0.4) is 0 Å². The minimum absolute atomic E-state index is 0.0337. The molecule has 3 aromatic rings. The van der Waals surface area contributed by atoms with Crippen LogP contribution in [0.15, 0.2) is 69.0 Å². The van der Waals surface area contributed by atoms with Crippen molar-refractivity contribution in [3.05, 3.63) is 80.6 Å². The van der Waals surface area contributed by atoms with Gasteiger partial charge in [0.1, 0.15) is 11.6 Å². The van der Waals surface area contributed by atoms with Gasteiger partial charge in [0.15, 0.2) is 0 Å². The Hall–Kier alpha value is -3.24. The molecule has 6 nitrogen and oxygen atoms in total. The van der Waals surface area contributed by atoms with Crippen molar-refractivity contribution in [1.82, 2.24) is 9.97 Å². The number of halogens is 1. The molecular weight excluding hydrogens is 382 g/mol. The molecule has 0 saturated heterocycles. The second-order valence-electron chi connectivity index (χ2n) is 5.04. The normalized spacial score (nSPS) is 10.6. The first-order valence-corrected chi connectivity index (χ1v) is 8.11. The lowest BCUT2D eigenvalue weighted by atomic mass is 10.1. The summed E-state index contributed by atoms with van der Waals surface area (Å²) in [5, 5.41) is 13.3. The van der Waals surface area contributed by atoms with Gasteiger partial charge in [0.25, 0.3) is 5.56 Å². The van der Waals surface area contributed by atoms with Crippen LogP contribution >= 0.6 is 15.9 Å². The molecule has 0 bridgehead atoms. The molecule has 1 heterocycles. The van der Waals surface area contributed by atoms with E-state index in [-0.39, 0.29) is 11.5 Å². The van der Waals surface area contributed by atoms with Gasteiger partial charge in [-0.25, -0.2) is 10.4 Å². The van der Waals surface area contributed by atoms with Gasteiger partial charge in [-0.05, 0) is 17.7 Å². The van der Waals surface area contributed by atoms with Gasteiger partial charge in [0.2, 0.25) is 5.95 Å². The zero-order valence-corrected chi connectivity index (χ0v) is 14.5. The summed E-state index contributed by atoms with van der Waals surface area (Å²) in [7, 11) is 0. The number of aromatic nitrogens is 2. The molecule has 0 radical (unpaired) electrons. The summed E-state index contributed by atoms with van der Waals surface area (Å²) < 4.78 is 0.975. The minimum atomic E-state index is -0.516. The molecule has 0 aliphatic heterocycles. The first kappa shape index (κ1) is 16.6. The van der Waals surface area contributed by atoms with Crippen molar-refractivity contribution in [3.63, 3.8) is 0 Å². The molecule has 2 N–H and O–H groups in total. The Bertz CT molecular complexity index is 1000. The number of hydrogen-bond acceptors (Lipinski definition) is 5. The summed E-state index contributed by atoms with van der Waals surface area (Å²) in [6.45, 7) is 0. The summed E-state index contributed by atoms with van der Waals surface area (Å²) >= 11 is 3.37. The third-order valence-electron chi connectivity index (χ3n) is 3.33. The Morgan fingerprint density at radius 2 is 1.88 bits per heavy atom. The van der Waals surface area contributed by atoms with Crippen LogP contribution in [0, 0.1) is 11.3 Å². The topological polar surface area (TPSA) is 93.9 Å². The monoisotopic (exact) mass is 393 g/mol. The predicted molar refractivity (Wildman–Crippen MR) is 100 cm³/mol. The number of rotatable bonds is 4. The van der Waals surface area contributed by atoms with E-state index in [2.05, 4.69) is 36.4 Å². The first-order chi connectivity index (χ1) is 12.2. The maximum atomic E-state index is 12.1. The first-order valence-electron chi connectivity index (χ1n) is 7.32. The lowest BCUT2D eigenvalue weighted by Crippen LogP contribution is -2.16. The number of hydrogen-bond donors (Lipinski definition) is 2. The van der Waals surface area contributed by atoms with Gasteiger partial charge in [-0.2, -0.15) is 10.4 Å². The Morgan fingerprint density at radius 1 is 1.16 bits per heavy atom. The maximum absolute atomic E-state index is 12.1. The Kier molecular flexibility index (Phi) is 5.02.